The number of rotatable bonds is 8. The molecule has 39 heavy (non-hydrogen) atoms. The molecule has 2 N–H and O–H groups in total. The van der Waals surface area contributed by atoms with Crippen molar-refractivity contribution in [3.63, 3.8) is 0 Å². The molecule has 2 aromatic carbocycles. The Labute approximate surface area is 229 Å². The van der Waals surface area contributed by atoms with Crippen LogP contribution in [0, 0.1) is 11.3 Å². The van der Waals surface area contributed by atoms with E-state index in [-0.39, 0.29) is 58.3 Å². The molecule has 0 radical (unpaired) electrons. The number of aromatic nitrogens is 2. The highest BCUT2D eigenvalue weighted by atomic mass is 35.5. The maximum Gasteiger partial charge on any atom is 0.338 e. The largest absolute Gasteiger partial charge is 0.490 e. The summed E-state index contributed by atoms with van der Waals surface area (Å²) in [5.74, 6) is -0.832. The molecule has 0 amide bonds. The number of esters is 1. The standard InChI is InChI=1S/C28H25ClN4O6/c1-4-36-21-13-17(24-19(14-30)26(31)38-16(3)23(24)28(35)37-5-2)11-12-20(21)39-22-15-32-33(27(34)25(22)29)18-9-7-6-8-10-18/h6-13,15,24H,4-5,31H2,1-3H3. The van der Waals surface area contributed by atoms with Gasteiger partial charge < -0.3 is 24.7 Å². The van der Waals surface area contributed by atoms with Crippen molar-refractivity contribution in [1.29, 1.82) is 5.26 Å². The zero-order valence-electron chi connectivity index (χ0n) is 21.4. The van der Waals surface area contributed by atoms with E-state index >= 15 is 0 Å². The van der Waals surface area contributed by atoms with Crippen LogP contribution in [0.3, 0.4) is 0 Å². The van der Waals surface area contributed by atoms with Gasteiger partial charge in [0.2, 0.25) is 5.88 Å². The van der Waals surface area contributed by atoms with Gasteiger partial charge >= 0.3 is 5.97 Å². The molecule has 4 rings (SSSR count). The summed E-state index contributed by atoms with van der Waals surface area (Å²) < 4.78 is 23.6. The van der Waals surface area contributed by atoms with E-state index in [1.165, 1.54) is 10.9 Å². The van der Waals surface area contributed by atoms with Crippen molar-refractivity contribution in [3.8, 4) is 29.0 Å². The molecule has 0 bridgehead atoms. The number of nitrogens with zero attached hydrogens (tertiary/aromatic N) is 3. The fourth-order valence-corrected chi connectivity index (χ4v) is 4.27. The molecule has 3 aromatic rings. The van der Waals surface area contributed by atoms with Gasteiger partial charge in [0, 0.05) is 0 Å². The van der Waals surface area contributed by atoms with Crippen LogP contribution in [0.2, 0.25) is 5.02 Å². The van der Waals surface area contributed by atoms with Gasteiger partial charge in [-0.3, -0.25) is 4.79 Å². The fraction of sp³-hybridized carbons (Fsp3) is 0.214. The summed E-state index contributed by atoms with van der Waals surface area (Å²) >= 11 is 6.37. The highest BCUT2D eigenvalue weighted by molar-refractivity contribution is 6.31. The molecule has 0 fully saturated rings. The molecule has 0 saturated heterocycles. The minimum atomic E-state index is -0.865. The number of benzene rings is 2. The molecule has 0 aliphatic carbocycles. The first-order valence-corrected chi connectivity index (χ1v) is 12.4. The van der Waals surface area contributed by atoms with Crippen LogP contribution in [-0.4, -0.2) is 29.0 Å². The van der Waals surface area contributed by atoms with E-state index < -0.39 is 17.4 Å². The van der Waals surface area contributed by atoms with Crippen LogP contribution in [0.1, 0.15) is 32.3 Å². The van der Waals surface area contributed by atoms with Gasteiger partial charge in [0.25, 0.3) is 5.56 Å². The van der Waals surface area contributed by atoms with Gasteiger partial charge in [-0.2, -0.15) is 15.0 Å². The molecule has 0 spiro atoms. The second-order valence-electron chi connectivity index (χ2n) is 8.23. The zero-order valence-corrected chi connectivity index (χ0v) is 22.2. The summed E-state index contributed by atoms with van der Waals surface area (Å²) in [7, 11) is 0. The lowest BCUT2D eigenvalue weighted by Gasteiger charge is -2.27. The number of hydrogen-bond donors (Lipinski definition) is 1. The molecule has 1 aromatic heterocycles. The molecule has 11 heteroatoms. The lowest BCUT2D eigenvalue weighted by atomic mass is 9.83. The van der Waals surface area contributed by atoms with Gasteiger partial charge in [-0.25, -0.2) is 4.79 Å². The summed E-state index contributed by atoms with van der Waals surface area (Å²) in [4.78, 5) is 25.7. The lowest BCUT2D eigenvalue weighted by molar-refractivity contribution is -0.139. The Hall–Kier alpha value is -4.75. The summed E-state index contributed by atoms with van der Waals surface area (Å²) in [6.07, 6.45) is 1.33. The summed E-state index contributed by atoms with van der Waals surface area (Å²) in [6.45, 7) is 5.45. The summed E-state index contributed by atoms with van der Waals surface area (Å²) in [5.41, 5.74) is 6.70. The van der Waals surface area contributed by atoms with Crippen LogP contribution in [0.25, 0.3) is 5.69 Å². The van der Waals surface area contributed by atoms with E-state index in [0.29, 0.717) is 11.3 Å². The Kier molecular flexibility index (Phi) is 8.22. The number of allylic oxidation sites excluding steroid dienone is 2. The first-order chi connectivity index (χ1) is 18.8. The second-order valence-corrected chi connectivity index (χ2v) is 8.61. The predicted molar refractivity (Wildman–Crippen MR) is 143 cm³/mol. The third-order valence-corrected chi connectivity index (χ3v) is 6.16. The van der Waals surface area contributed by atoms with Crippen molar-refractivity contribution >= 4 is 17.6 Å². The Morgan fingerprint density at radius 2 is 1.90 bits per heavy atom. The quantitative estimate of drug-likeness (QED) is 0.396. The van der Waals surface area contributed by atoms with E-state index in [0.717, 1.165) is 0 Å². The Morgan fingerprint density at radius 1 is 1.15 bits per heavy atom. The molecule has 200 valence electrons. The fourth-order valence-electron chi connectivity index (χ4n) is 4.11. The first-order valence-electron chi connectivity index (χ1n) is 12.0. The van der Waals surface area contributed by atoms with Crippen molar-refractivity contribution in [2.75, 3.05) is 13.2 Å². The van der Waals surface area contributed by atoms with Crippen molar-refractivity contribution in [1.82, 2.24) is 9.78 Å². The van der Waals surface area contributed by atoms with Gasteiger partial charge in [0.1, 0.15) is 17.4 Å². The topological polar surface area (TPSA) is 139 Å². The third-order valence-electron chi connectivity index (χ3n) is 5.81. The number of nitriles is 1. The number of ether oxygens (including phenoxy) is 4. The molecule has 1 aliphatic heterocycles. The van der Waals surface area contributed by atoms with Crippen molar-refractivity contribution in [3.05, 3.63) is 98.5 Å². The molecule has 10 nitrogen and oxygen atoms in total. The monoisotopic (exact) mass is 548 g/mol. The van der Waals surface area contributed by atoms with Crippen molar-refractivity contribution < 1.29 is 23.7 Å². The van der Waals surface area contributed by atoms with Gasteiger partial charge in [-0.05, 0) is 50.6 Å². The van der Waals surface area contributed by atoms with Crippen LogP contribution < -0.4 is 20.8 Å². The maximum atomic E-state index is 12.9. The number of carbonyl (C=O) groups is 1. The van der Waals surface area contributed by atoms with E-state index in [4.69, 9.17) is 36.3 Å². The molecule has 0 saturated carbocycles. The highest BCUT2D eigenvalue weighted by Crippen LogP contribution is 2.43. The van der Waals surface area contributed by atoms with E-state index in [9.17, 15) is 14.9 Å². The van der Waals surface area contributed by atoms with Crippen molar-refractivity contribution in [2.45, 2.75) is 26.7 Å². The second kappa shape index (κ2) is 11.8. The summed E-state index contributed by atoms with van der Waals surface area (Å²) in [6, 6.07) is 15.7. The van der Waals surface area contributed by atoms with Crippen LogP contribution in [-0.2, 0) is 14.3 Å². The molecule has 2 heterocycles. The predicted octanol–water partition coefficient (Wildman–Crippen LogP) is 4.72. The van der Waals surface area contributed by atoms with Gasteiger partial charge in [-0.15, -0.1) is 0 Å². The maximum absolute atomic E-state index is 12.9. The molecular formula is C28H25ClN4O6. The van der Waals surface area contributed by atoms with Crippen LogP contribution in [0.5, 0.6) is 17.2 Å². The van der Waals surface area contributed by atoms with Gasteiger partial charge in [0.15, 0.2) is 22.3 Å². The number of nitrogens with two attached hydrogens (primary N) is 1. The van der Waals surface area contributed by atoms with Crippen LogP contribution >= 0.6 is 11.6 Å². The highest BCUT2D eigenvalue weighted by Gasteiger charge is 2.36. The minimum Gasteiger partial charge on any atom is -0.490 e. The average Bonchev–Trinajstić information content (AvgIpc) is 2.92. The van der Waals surface area contributed by atoms with E-state index in [1.807, 2.05) is 12.1 Å². The molecular weight excluding hydrogens is 524 g/mol. The molecule has 1 unspecified atom stereocenters. The first kappa shape index (κ1) is 27.3. The number of halogens is 1. The normalized spacial score (nSPS) is 14.9. The van der Waals surface area contributed by atoms with Gasteiger partial charge in [0.05, 0.1) is 36.6 Å². The number of carbonyl (C=O) groups excluding carboxylic acids is 1. The Balaban J connectivity index is 1.75. The zero-order chi connectivity index (χ0) is 28.1. The molecule has 1 atom stereocenters. The van der Waals surface area contributed by atoms with Crippen LogP contribution in [0.15, 0.2) is 82.3 Å². The SMILES string of the molecule is CCOC(=O)C1=C(C)OC(N)=C(C#N)C1c1ccc(Oc2cnn(-c3ccccc3)c(=O)c2Cl)c(OCC)c1. The third kappa shape index (κ3) is 5.44. The smallest absolute Gasteiger partial charge is 0.338 e. The van der Waals surface area contributed by atoms with Crippen LogP contribution in [0.4, 0.5) is 0 Å². The minimum absolute atomic E-state index is 0.0263. The van der Waals surface area contributed by atoms with E-state index in [2.05, 4.69) is 5.10 Å². The van der Waals surface area contributed by atoms with E-state index in [1.54, 1.807) is 63.2 Å². The lowest BCUT2D eigenvalue weighted by Crippen LogP contribution is -2.25. The summed E-state index contributed by atoms with van der Waals surface area (Å²) in [5, 5.41) is 13.9. The number of para-hydroxylation sites is 1. The molecule has 1 aliphatic rings. The van der Waals surface area contributed by atoms with Crippen molar-refractivity contribution in [2.24, 2.45) is 5.73 Å². The van der Waals surface area contributed by atoms with Gasteiger partial charge in [-0.1, -0.05) is 35.9 Å². The number of hydrogen-bond acceptors (Lipinski definition) is 9. The Bertz CT molecular complexity index is 1570. The average molecular weight is 549 g/mol. The Morgan fingerprint density at radius 3 is 2.56 bits per heavy atom.